The number of rotatable bonds is 2. The number of nitrogens with zero attached hydrogens (tertiary/aromatic N) is 1. The highest BCUT2D eigenvalue weighted by molar-refractivity contribution is 6.36. The first-order valence-corrected chi connectivity index (χ1v) is 8.03. The Kier molecular flexibility index (Phi) is 4.30. The van der Waals surface area contributed by atoms with Crippen LogP contribution in [0.1, 0.15) is 22.4 Å². The normalized spacial score (nSPS) is 12.1. The van der Waals surface area contributed by atoms with Crippen molar-refractivity contribution in [3.63, 3.8) is 0 Å². The van der Waals surface area contributed by atoms with Gasteiger partial charge >= 0.3 is 6.18 Å². The predicted octanol–water partition coefficient (Wildman–Crippen LogP) is 6.40. The quantitative estimate of drug-likeness (QED) is 0.490. The SMILES string of the molecule is Cc1cc(C(F)(F)F)cc2c1cc(Cc1c(Cl)cccc1Cl)n2C. The zero-order valence-electron chi connectivity index (χ0n) is 13.0. The van der Waals surface area contributed by atoms with E-state index in [2.05, 4.69) is 0 Å². The molecule has 0 saturated carbocycles. The fraction of sp³-hybridized carbons (Fsp3) is 0.222. The Bertz CT molecular complexity index is 906. The summed E-state index contributed by atoms with van der Waals surface area (Å²) in [6, 6.07) is 9.51. The number of aryl methyl sites for hydroxylation is 2. The lowest BCUT2D eigenvalue weighted by atomic mass is 10.1. The molecule has 0 radical (unpaired) electrons. The van der Waals surface area contributed by atoms with Crippen molar-refractivity contribution in [1.82, 2.24) is 4.57 Å². The minimum Gasteiger partial charge on any atom is -0.347 e. The summed E-state index contributed by atoms with van der Waals surface area (Å²) >= 11 is 12.4. The molecule has 0 aliphatic rings. The summed E-state index contributed by atoms with van der Waals surface area (Å²) in [7, 11) is 1.75. The highest BCUT2D eigenvalue weighted by Crippen LogP contribution is 2.35. The lowest BCUT2D eigenvalue weighted by Crippen LogP contribution is -2.06. The van der Waals surface area contributed by atoms with E-state index in [4.69, 9.17) is 23.2 Å². The molecule has 0 aliphatic carbocycles. The number of fused-ring (bicyclic) bond motifs is 1. The molecule has 0 amide bonds. The molecule has 0 fully saturated rings. The third-order valence-electron chi connectivity index (χ3n) is 4.22. The molecular weight excluding hydrogens is 358 g/mol. The van der Waals surface area contributed by atoms with Gasteiger partial charge in [0.05, 0.1) is 5.56 Å². The van der Waals surface area contributed by atoms with E-state index >= 15 is 0 Å². The Hall–Kier alpha value is -1.65. The maximum atomic E-state index is 13.0. The summed E-state index contributed by atoms with van der Waals surface area (Å²) in [6.45, 7) is 1.68. The molecule has 6 heteroatoms. The van der Waals surface area contributed by atoms with Crippen molar-refractivity contribution in [3.8, 4) is 0 Å². The number of benzene rings is 2. The summed E-state index contributed by atoms with van der Waals surface area (Å²) in [6.07, 6.45) is -3.92. The second-order valence-corrected chi connectivity index (χ2v) is 6.61. The summed E-state index contributed by atoms with van der Waals surface area (Å²) in [5.41, 5.74) is 2.10. The first-order chi connectivity index (χ1) is 11.2. The maximum Gasteiger partial charge on any atom is 0.416 e. The third-order valence-corrected chi connectivity index (χ3v) is 4.92. The van der Waals surface area contributed by atoms with Gasteiger partial charge in [-0.1, -0.05) is 29.3 Å². The number of hydrogen-bond acceptors (Lipinski definition) is 0. The largest absolute Gasteiger partial charge is 0.416 e. The van der Waals surface area contributed by atoms with Crippen molar-refractivity contribution >= 4 is 34.1 Å². The smallest absolute Gasteiger partial charge is 0.347 e. The van der Waals surface area contributed by atoms with E-state index < -0.39 is 11.7 Å². The highest BCUT2D eigenvalue weighted by Gasteiger charge is 2.31. The summed E-state index contributed by atoms with van der Waals surface area (Å²) in [5, 5.41) is 1.88. The van der Waals surface area contributed by atoms with Crippen molar-refractivity contribution in [2.75, 3.05) is 0 Å². The second-order valence-electron chi connectivity index (χ2n) is 5.80. The number of alkyl halides is 3. The van der Waals surface area contributed by atoms with Gasteiger partial charge in [-0.25, -0.2) is 0 Å². The number of hydrogen-bond donors (Lipinski definition) is 0. The van der Waals surface area contributed by atoms with Crippen LogP contribution < -0.4 is 0 Å². The predicted molar refractivity (Wildman–Crippen MR) is 91.9 cm³/mol. The molecule has 3 aromatic rings. The van der Waals surface area contributed by atoms with Crippen LogP contribution in [0.4, 0.5) is 13.2 Å². The molecule has 0 atom stereocenters. The lowest BCUT2D eigenvalue weighted by Gasteiger charge is -2.10. The van der Waals surface area contributed by atoms with Crippen LogP contribution in [0.5, 0.6) is 0 Å². The van der Waals surface area contributed by atoms with E-state index in [0.29, 0.717) is 27.5 Å². The van der Waals surface area contributed by atoms with Gasteiger partial charge in [0.25, 0.3) is 0 Å². The standard InChI is InChI=1S/C18H14Cl2F3N/c1-10-6-11(18(21,22)23)7-17-13(10)8-12(24(17)2)9-14-15(19)4-3-5-16(14)20/h3-8H,9H2,1-2H3. The third kappa shape index (κ3) is 3.01. The Morgan fingerprint density at radius 2 is 1.67 bits per heavy atom. The molecule has 2 aromatic carbocycles. The average Bonchev–Trinajstić information content (AvgIpc) is 2.80. The molecule has 1 aromatic heterocycles. The van der Waals surface area contributed by atoms with E-state index in [0.717, 1.165) is 16.6 Å². The van der Waals surface area contributed by atoms with Crippen molar-refractivity contribution in [2.45, 2.75) is 19.5 Å². The fourth-order valence-electron chi connectivity index (χ4n) is 2.88. The molecule has 1 nitrogen and oxygen atoms in total. The van der Waals surface area contributed by atoms with Crippen molar-refractivity contribution in [2.24, 2.45) is 7.05 Å². The van der Waals surface area contributed by atoms with Crippen molar-refractivity contribution in [1.29, 1.82) is 0 Å². The molecule has 0 aliphatic heterocycles. The minimum absolute atomic E-state index is 0.449. The molecule has 1 heterocycles. The van der Waals surface area contributed by atoms with Crippen LogP contribution in [0, 0.1) is 6.92 Å². The van der Waals surface area contributed by atoms with Gasteiger partial charge in [-0.05, 0) is 48.4 Å². The molecule has 0 unspecified atom stereocenters. The zero-order valence-corrected chi connectivity index (χ0v) is 14.5. The Balaban J connectivity index is 2.14. The first kappa shape index (κ1) is 17.2. The van der Waals surface area contributed by atoms with Gasteiger partial charge in [-0.3, -0.25) is 0 Å². The summed E-state index contributed by atoms with van der Waals surface area (Å²) in [4.78, 5) is 0. The maximum absolute atomic E-state index is 13.0. The van der Waals surface area contributed by atoms with Crippen LogP contribution in [-0.4, -0.2) is 4.57 Å². The highest BCUT2D eigenvalue weighted by atomic mass is 35.5. The topological polar surface area (TPSA) is 4.93 Å². The average molecular weight is 372 g/mol. The van der Waals surface area contributed by atoms with Crippen molar-refractivity contribution < 1.29 is 13.2 Å². The molecule has 24 heavy (non-hydrogen) atoms. The Morgan fingerprint density at radius 1 is 1.04 bits per heavy atom. The summed E-state index contributed by atoms with van der Waals surface area (Å²) < 4.78 is 40.9. The molecule has 3 rings (SSSR count). The van der Waals surface area contributed by atoms with E-state index in [1.54, 1.807) is 36.7 Å². The second kappa shape index (κ2) is 6.01. The fourth-order valence-corrected chi connectivity index (χ4v) is 3.41. The lowest BCUT2D eigenvalue weighted by molar-refractivity contribution is -0.137. The van der Waals surface area contributed by atoms with Crippen LogP contribution >= 0.6 is 23.2 Å². The monoisotopic (exact) mass is 371 g/mol. The van der Waals surface area contributed by atoms with Gasteiger partial charge in [0, 0.05) is 40.1 Å². The molecular formula is C18H14Cl2F3N. The van der Waals surface area contributed by atoms with Gasteiger partial charge in [0.2, 0.25) is 0 Å². The zero-order chi connectivity index (χ0) is 17.6. The van der Waals surface area contributed by atoms with Crippen molar-refractivity contribution in [3.05, 3.63) is 68.8 Å². The van der Waals surface area contributed by atoms with Crippen LogP contribution in [0.3, 0.4) is 0 Å². The van der Waals surface area contributed by atoms with Gasteiger partial charge in [0.15, 0.2) is 0 Å². The van der Waals surface area contributed by atoms with E-state index in [-0.39, 0.29) is 0 Å². The number of aromatic nitrogens is 1. The van der Waals surface area contributed by atoms with Crippen LogP contribution in [0.2, 0.25) is 10.0 Å². The molecule has 0 bridgehead atoms. The van der Waals surface area contributed by atoms with Gasteiger partial charge < -0.3 is 4.57 Å². The Labute approximate surface area is 147 Å². The molecule has 0 N–H and O–H groups in total. The molecule has 126 valence electrons. The van der Waals surface area contributed by atoms with Crippen LogP contribution in [-0.2, 0) is 19.6 Å². The first-order valence-electron chi connectivity index (χ1n) is 7.27. The van der Waals surface area contributed by atoms with Gasteiger partial charge in [-0.15, -0.1) is 0 Å². The minimum atomic E-state index is -4.37. The number of halogens is 5. The van der Waals surface area contributed by atoms with E-state index in [1.807, 2.05) is 6.07 Å². The molecule has 0 saturated heterocycles. The van der Waals surface area contributed by atoms with Gasteiger partial charge in [-0.2, -0.15) is 13.2 Å². The van der Waals surface area contributed by atoms with Crippen LogP contribution in [0.25, 0.3) is 10.9 Å². The van der Waals surface area contributed by atoms with Gasteiger partial charge in [0.1, 0.15) is 0 Å². The Morgan fingerprint density at radius 3 is 2.25 bits per heavy atom. The van der Waals surface area contributed by atoms with E-state index in [9.17, 15) is 13.2 Å². The molecule has 0 spiro atoms. The summed E-state index contributed by atoms with van der Waals surface area (Å²) in [5.74, 6) is 0. The van der Waals surface area contributed by atoms with Crippen LogP contribution in [0.15, 0.2) is 36.4 Å². The van der Waals surface area contributed by atoms with E-state index in [1.165, 1.54) is 12.1 Å².